The summed E-state index contributed by atoms with van der Waals surface area (Å²) in [6.45, 7) is 1.48. The number of aliphatic hydroxyl groups is 1. The Bertz CT molecular complexity index is 221. The highest BCUT2D eigenvalue weighted by Gasteiger charge is 2.22. The number of carbonyl (C=O) groups excluding carboxylic acids is 1. The molecule has 0 radical (unpaired) electrons. The molecule has 0 heterocycles. The van der Waals surface area contributed by atoms with Gasteiger partial charge in [-0.2, -0.15) is 0 Å². The topological polar surface area (TPSA) is 75.4 Å². The van der Waals surface area contributed by atoms with Crippen molar-refractivity contribution in [2.24, 2.45) is 11.7 Å². The molecule has 1 aliphatic rings. The second-order valence-corrected chi connectivity index (χ2v) is 5.09. The summed E-state index contributed by atoms with van der Waals surface area (Å²) in [6, 6.07) is 0. The van der Waals surface area contributed by atoms with E-state index in [1.54, 1.807) is 0 Å². The molecule has 2 unspecified atom stereocenters. The number of unbranched alkanes of at least 4 members (excludes halogenated alkanes) is 3. The Balaban J connectivity index is 1.94. The SMILES string of the molecule is NCCCCCCC(=O)NCC1CCC(O)C1. The third-order valence-electron chi connectivity index (χ3n) is 3.46. The Morgan fingerprint density at radius 1 is 1.24 bits per heavy atom. The van der Waals surface area contributed by atoms with Crippen LogP contribution in [0.4, 0.5) is 0 Å². The van der Waals surface area contributed by atoms with E-state index in [0.717, 1.165) is 58.0 Å². The zero-order valence-corrected chi connectivity index (χ0v) is 10.7. The number of rotatable bonds is 8. The number of carbonyl (C=O) groups is 1. The summed E-state index contributed by atoms with van der Waals surface area (Å²) in [4.78, 5) is 11.5. The number of amides is 1. The first-order chi connectivity index (χ1) is 8.22. The van der Waals surface area contributed by atoms with Crippen LogP contribution in [-0.4, -0.2) is 30.2 Å². The van der Waals surface area contributed by atoms with Crippen LogP contribution in [0.1, 0.15) is 51.4 Å². The molecule has 4 nitrogen and oxygen atoms in total. The van der Waals surface area contributed by atoms with E-state index in [9.17, 15) is 9.90 Å². The molecule has 17 heavy (non-hydrogen) atoms. The average Bonchev–Trinajstić information content (AvgIpc) is 2.72. The van der Waals surface area contributed by atoms with Gasteiger partial charge in [-0.05, 0) is 44.6 Å². The monoisotopic (exact) mass is 242 g/mol. The lowest BCUT2D eigenvalue weighted by molar-refractivity contribution is -0.121. The minimum absolute atomic E-state index is 0.145. The highest BCUT2D eigenvalue weighted by atomic mass is 16.3. The van der Waals surface area contributed by atoms with Crippen LogP contribution in [0, 0.1) is 5.92 Å². The molecule has 1 saturated carbocycles. The van der Waals surface area contributed by atoms with Crippen molar-refractivity contribution in [2.75, 3.05) is 13.1 Å². The summed E-state index contributed by atoms with van der Waals surface area (Å²) in [5, 5.41) is 12.3. The van der Waals surface area contributed by atoms with Crippen molar-refractivity contribution >= 4 is 5.91 Å². The molecule has 0 aromatic heterocycles. The van der Waals surface area contributed by atoms with E-state index in [0.29, 0.717) is 12.3 Å². The lowest BCUT2D eigenvalue weighted by Crippen LogP contribution is -2.28. The molecule has 4 heteroatoms. The van der Waals surface area contributed by atoms with E-state index in [4.69, 9.17) is 5.73 Å². The van der Waals surface area contributed by atoms with Crippen molar-refractivity contribution in [3.05, 3.63) is 0 Å². The summed E-state index contributed by atoms with van der Waals surface area (Å²) in [5.74, 6) is 0.630. The largest absolute Gasteiger partial charge is 0.393 e. The molecule has 1 fully saturated rings. The molecule has 0 bridgehead atoms. The summed E-state index contributed by atoms with van der Waals surface area (Å²) in [5.41, 5.74) is 5.40. The lowest BCUT2D eigenvalue weighted by atomic mass is 10.1. The predicted molar refractivity (Wildman–Crippen MR) is 68.5 cm³/mol. The fourth-order valence-corrected chi connectivity index (χ4v) is 2.36. The second-order valence-electron chi connectivity index (χ2n) is 5.09. The van der Waals surface area contributed by atoms with E-state index < -0.39 is 0 Å². The van der Waals surface area contributed by atoms with Crippen LogP contribution in [-0.2, 0) is 4.79 Å². The Morgan fingerprint density at radius 3 is 2.65 bits per heavy atom. The van der Waals surface area contributed by atoms with E-state index in [1.165, 1.54) is 0 Å². The fourth-order valence-electron chi connectivity index (χ4n) is 2.36. The first-order valence-electron chi connectivity index (χ1n) is 6.87. The minimum atomic E-state index is -0.145. The third-order valence-corrected chi connectivity index (χ3v) is 3.46. The maximum Gasteiger partial charge on any atom is 0.220 e. The molecule has 1 amide bonds. The van der Waals surface area contributed by atoms with Gasteiger partial charge in [0.2, 0.25) is 5.91 Å². The summed E-state index contributed by atoms with van der Waals surface area (Å²) in [7, 11) is 0. The van der Waals surface area contributed by atoms with Gasteiger partial charge in [0, 0.05) is 13.0 Å². The van der Waals surface area contributed by atoms with Crippen molar-refractivity contribution < 1.29 is 9.90 Å². The number of hydrogen-bond acceptors (Lipinski definition) is 3. The van der Waals surface area contributed by atoms with Crippen molar-refractivity contribution in [1.29, 1.82) is 0 Å². The number of hydrogen-bond donors (Lipinski definition) is 3. The zero-order chi connectivity index (χ0) is 12.5. The standard InChI is InChI=1S/C13H26N2O2/c14-8-4-2-1-3-5-13(17)15-10-11-6-7-12(16)9-11/h11-12,16H,1-10,14H2,(H,15,17). The van der Waals surface area contributed by atoms with Gasteiger partial charge in [-0.25, -0.2) is 0 Å². The number of nitrogens with one attached hydrogen (secondary N) is 1. The molecule has 100 valence electrons. The van der Waals surface area contributed by atoms with E-state index >= 15 is 0 Å². The maximum atomic E-state index is 11.5. The number of nitrogens with two attached hydrogens (primary N) is 1. The molecule has 0 spiro atoms. The third kappa shape index (κ3) is 6.64. The van der Waals surface area contributed by atoms with Gasteiger partial charge in [0.1, 0.15) is 0 Å². The van der Waals surface area contributed by atoms with Crippen LogP contribution in [0.5, 0.6) is 0 Å². The first kappa shape index (κ1) is 14.5. The zero-order valence-electron chi connectivity index (χ0n) is 10.7. The highest BCUT2D eigenvalue weighted by Crippen LogP contribution is 2.24. The molecule has 1 aliphatic carbocycles. The molecule has 1 rings (SSSR count). The van der Waals surface area contributed by atoms with E-state index in [2.05, 4.69) is 5.32 Å². The summed E-state index contributed by atoms with van der Waals surface area (Å²) < 4.78 is 0. The first-order valence-corrected chi connectivity index (χ1v) is 6.87. The summed E-state index contributed by atoms with van der Waals surface area (Å²) >= 11 is 0. The van der Waals surface area contributed by atoms with Crippen LogP contribution in [0.25, 0.3) is 0 Å². The molecule has 0 saturated heterocycles. The normalized spacial score (nSPS) is 23.9. The molecule has 0 aromatic rings. The van der Waals surface area contributed by atoms with Crippen LogP contribution in [0.3, 0.4) is 0 Å². The Hall–Kier alpha value is -0.610. The Kier molecular flexibility index (Phi) is 7.21. The highest BCUT2D eigenvalue weighted by molar-refractivity contribution is 5.75. The molecular weight excluding hydrogens is 216 g/mol. The van der Waals surface area contributed by atoms with Crippen LogP contribution in [0.15, 0.2) is 0 Å². The average molecular weight is 242 g/mol. The van der Waals surface area contributed by atoms with Gasteiger partial charge >= 0.3 is 0 Å². The molecule has 4 N–H and O–H groups in total. The van der Waals surface area contributed by atoms with Crippen molar-refractivity contribution in [3.63, 3.8) is 0 Å². The van der Waals surface area contributed by atoms with E-state index in [-0.39, 0.29) is 12.0 Å². The Morgan fingerprint density at radius 2 is 2.00 bits per heavy atom. The van der Waals surface area contributed by atoms with Gasteiger partial charge in [0.05, 0.1) is 6.10 Å². The second kappa shape index (κ2) is 8.48. The van der Waals surface area contributed by atoms with Crippen molar-refractivity contribution in [2.45, 2.75) is 57.5 Å². The number of aliphatic hydroxyl groups excluding tert-OH is 1. The fraction of sp³-hybridized carbons (Fsp3) is 0.923. The Labute approximate surface area is 104 Å². The smallest absolute Gasteiger partial charge is 0.220 e. The molecule has 2 atom stereocenters. The quantitative estimate of drug-likeness (QED) is 0.559. The van der Waals surface area contributed by atoms with Crippen LogP contribution >= 0.6 is 0 Å². The minimum Gasteiger partial charge on any atom is -0.393 e. The molecule has 0 aliphatic heterocycles. The van der Waals surface area contributed by atoms with Gasteiger partial charge in [-0.3, -0.25) is 4.79 Å². The van der Waals surface area contributed by atoms with Gasteiger partial charge in [-0.1, -0.05) is 12.8 Å². The van der Waals surface area contributed by atoms with Gasteiger partial charge in [-0.15, -0.1) is 0 Å². The van der Waals surface area contributed by atoms with Crippen molar-refractivity contribution in [1.82, 2.24) is 5.32 Å². The molecule has 0 aromatic carbocycles. The van der Waals surface area contributed by atoms with Crippen LogP contribution < -0.4 is 11.1 Å². The predicted octanol–water partition coefficient (Wildman–Crippen LogP) is 1.17. The summed E-state index contributed by atoms with van der Waals surface area (Å²) in [6.07, 6.45) is 7.48. The van der Waals surface area contributed by atoms with Crippen LogP contribution in [0.2, 0.25) is 0 Å². The van der Waals surface area contributed by atoms with E-state index in [1.807, 2.05) is 0 Å². The maximum absolute atomic E-state index is 11.5. The lowest BCUT2D eigenvalue weighted by Gasteiger charge is -2.10. The molecular formula is C13H26N2O2. The van der Waals surface area contributed by atoms with Gasteiger partial charge in [0.25, 0.3) is 0 Å². The van der Waals surface area contributed by atoms with Gasteiger partial charge < -0.3 is 16.2 Å². The van der Waals surface area contributed by atoms with Gasteiger partial charge in [0.15, 0.2) is 0 Å². The van der Waals surface area contributed by atoms with Crippen molar-refractivity contribution in [3.8, 4) is 0 Å².